The van der Waals surface area contributed by atoms with Crippen molar-refractivity contribution in [2.75, 3.05) is 39.6 Å². The fraction of sp³-hybridized carbons (Fsp3) is 0.984. The molecule has 5 saturated heterocycles. The van der Waals surface area contributed by atoms with Crippen molar-refractivity contribution < 1.29 is 58.6 Å². The van der Waals surface area contributed by atoms with Crippen LogP contribution in [-0.2, 0) is 32.6 Å². The lowest BCUT2D eigenvalue weighted by Gasteiger charge is -2.63. The van der Waals surface area contributed by atoms with E-state index >= 15 is 0 Å². The molecule has 0 aromatic heterocycles. The molecule has 0 amide bonds. The summed E-state index contributed by atoms with van der Waals surface area (Å²) in [5.41, 5.74) is -2.04. The number of hydrogen-bond acceptors (Lipinski definition) is 17. The summed E-state index contributed by atoms with van der Waals surface area (Å²) in [5.74, 6) is -1.61. The van der Waals surface area contributed by atoms with Crippen molar-refractivity contribution in [2.45, 2.75) is 314 Å². The van der Waals surface area contributed by atoms with E-state index in [9.17, 15) is 25.4 Å². The van der Waals surface area contributed by atoms with Gasteiger partial charge < -0.3 is 54.0 Å². The molecule has 5 N–H and O–H groups in total. The molecule has 2 spiro atoms. The third-order valence-electron chi connectivity index (χ3n) is 20.8. The van der Waals surface area contributed by atoms with E-state index in [1.807, 2.05) is 69.2 Å². The predicted molar refractivity (Wildman–Crippen MR) is 317 cm³/mol. The van der Waals surface area contributed by atoms with Crippen LogP contribution in [-0.4, -0.2) is 148 Å². The minimum atomic E-state index is -3.43. The Kier molecular flexibility index (Phi) is 25.6. The first kappa shape index (κ1) is 74.2. The lowest BCUT2D eigenvalue weighted by atomic mass is 9.66. The normalized spacial score (nSPS) is 35.9. The molecule has 470 valence electrons. The van der Waals surface area contributed by atoms with Crippen molar-refractivity contribution in [1.82, 2.24) is 20.3 Å². The van der Waals surface area contributed by atoms with Crippen LogP contribution in [0, 0.1) is 34.0 Å². The van der Waals surface area contributed by atoms with Crippen LogP contribution in [0.3, 0.4) is 0 Å². The lowest BCUT2D eigenvalue weighted by Crippen LogP contribution is -2.73. The van der Waals surface area contributed by atoms with Crippen LogP contribution in [0.25, 0.3) is 0 Å². The standard InChI is InChI=1S/C19H37NO3.C17H33NO3.C13H30NO4P.C12H24N2O2/c1-8-16(6)12-19(15(5)17(7,9-2)20(16)21)22-13-18(10-3,11-4)14-23-19;1-8-15(6)10-17(20-11-14(4,5)12-21-17)13(3)16(7,9-2)18(15)19;1-9-17-19(16,18-10-2)11(12(3,4)5)14(15)13(6,7)8;1-6-11(4)8-10(13-15)9(3)12(5,7-2)14(11)16/h15,21H,8-14H2,1-7H3;13,19H,8-12H2,1-7H3;11,15H,9-10H2,1-8H3;9,15-16H,6-8H2,1-5H3/b;;;13-10-. The summed E-state index contributed by atoms with van der Waals surface area (Å²) in [7, 11) is -3.43. The number of ether oxygens (including phenoxy) is 4. The molecule has 0 aromatic carbocycles. The van der Waals surface area contributed by atoms with Crippen molar-refractivity contribution in [3.05, 3.63) is 0 Å². The van der Waals surface area contributed by atoms with E-state index in [2.05, 4.69) is 109 Å². The van der Waals surface area contributed by atoms with Crippen molar-refractivity contribution >= 4 is 13.3 Å². The van der Waals surface area contributed by atoms with Crippen molar-refractivity contribution in [3.8, 4) is 0 Å². The van der Waals surface area contributed by atoms with Gasteiger partial charge in [0.15, 0.2) is 11.6 Å². The van der Waals surface area contributed by atoms with E-state index in [0.29, 0.717) is 32.5 Å². The van der Waals surface area contributed by atoms with Crippen LogP contribution in [0.5, 0.6) is 0 Å². The molecule has 10 unspecified atom stereocenters. The highest BCUT2D eigenvalue weighted by Gasteiger charge is 2.64. The molecule has 5 aliphatic heterocycles. The number of hydrogen-bond donors (Lipinski definition) is 5. The van der Waals surface area contributed by atoms with Gasteiger partial charge in [0.25, 0.3) is 0 Å². The van der Waals surface area contributed by atoms with Gasteiger partial charge in [-0.15, -0.1) is 0 Å². The van der Waals surface area contributed by atoms with Gasteiger partial charge in [-0.2, -0.15) is 20.3 Å². The van der Waals surface area contributed by atoms with Crippen LogP contribution in [0.4, 0.5) is 0 Å². The monoisotopic (exact) mass is 1150 g/mol. The second-order valence-corrected chi connectivity index (χ2v) is 30.8. The maximum absolute atomic E-state index is 13.0. The average Bonchev–Trinajstić information content (AvgIpc) is 3.40. The summed E-state index contributed by atoms with van der Waals surface area (Å²) >= 11 is 0. The molecule has 0 aromatic rings. The molecule has 0 aliphatic carbocycles. The third kappa shape index (κ3) is 15.0. The molecule has 17 nitrogen and oxygen atoms in total. The molecule has 0 saturated carbocycles. The molecule has 5 aliphatic rings. The molecule has 0 bridgehead atoms. The summed E-state index contributed by atoms with van der Waals surface area (Å²) in [6.07, 6.45) is 9.30. The Morgan fingerprint density at radius 3 is 1.20 bits per heavy atom. The minimum absolute atomic E-state index is 0.0621. The Labute approximate surface area is 482 Å². The Morgan fingerprint density at radius 2 is 0.924 bits per heavy atom. The summed E-state index contributed by atoms with van der Waals surface area (Å²) < 4.78 is 49.4. The highest BCUT2D eigenvalue weighted by Crippen LogP contribution is 2.61. The van der Waals surface area contributed by atoms with Gasteiger partial charge in [-0.05, 0) is 133 Å². The largest absolute Gasteiger partial charge is 0.411 e. The Morgan fingerprint density at radius 1 is 0.582 bits per heavy atom. The topological polar surface area (TPSA) is 199 Å². The molecule has 5 heterocycles. The van der Waals surface area contributed by atoms with Crippen molar-refractivity contribution in [1.29, 1.82) is 0 Å². The molecule has 18 heteroatoms. The zero-order chi connectivity index (χ0) is 61.7. The smallest absolute Gasteiger partial charge is 0.350 e. The minimum Gasteiger partial charge on any atom is -0.411 e. The lowest BCUT2D eigenvalue weighted by molar-refractivity contribution is -0.401. The third-order valence-corrected chi connectivity index (χ3v) is 23.6. The zero-order valence-corrected chi connectivity index (χ0v) is 56.5. The Hall–Kier alpha value is -0.860. The second kappa shape index (κ2) is 27.2. The second-order valence-electron chi connectivity index (χ2n) is 28.7. The Balaban J connectivity index is 0.000000363. The van der Waals surface area contributed by atoms with Crippen molar-refractivity contribution in [3.63, 3.8) is 0 Å². The van der Waals surface area contributed by atoms with Gasteiger partial charge in [0.1, 0.15) is 5.78 Å². The number of piperidine rings is 3. The first-order chi connectivity index (χ1) is 36.0. The van der Waals surface area contributed by atoms with Crippen LogP contribution in [0.1, 0.15) is 258 Å². The van der Waals surface area contributed by atoms with E-state index in [1.165, 1.54) is 5.06 Å². The highest BCUT2D eigenvalue weighted by atomic mass is 31.2. The Bertz CT molecular complexity index is 1950. The number of oxime groups is 1. The van der Waals surface area contributed by atoms with Crippen LogP contribution < -0.4 is 0 Å². The maximum atomic E-state index is 13.0. The SMILES string of the molecule is CCC1(C)C/C(=N/O)C(C)C(C)(CC)N1O.CCC1(C)CC2(OCC(C)(C)CO2)C(C)C(C)(CC)N1O.CCC1(CC)COC2(CC(C)(CC)N(O)C(C)(CC)C2C)OC1.CCOP(=O)(OCC)C(N(O)C(C)(C)C)C(C)(C)C. The number of rotatable bonds is 14. The predicted octanol–water partition coefficient (Wildman–Crippen LogP) is 15.4. The molecule has 79 heavy (non-hydrogen) atoms. The van der Waals surface area contributed by atoms with E-state index in [1.54, 1.807) is 24.0 Å². The van der Waals surface area contributed by atoms with Crippen molar-refractivity contribution in [2.24, 2.45) is 39.2 Å². The summed E-state index contributed by atoms with van der Waals surface area (Å²) in [6, 6.07) is 0. The molecule has 10 atom stereocenters. The van der Waals surface area contributed by atoms with E-state index < -0.39 is 35.9 Å². The first-order valence-electron chi connectivity index (χ1n) is 30.6. The number of nitrogens with zero attached hydrogens (tertiary/aromatic N) is 5. The van der Waals surface area contributed by atoms with Crippen LogP contribution >= 0.6 is 7.60 Å². The maximum Gasteiger partial charge on any atom is 0.350 e. The molecule has 5 fully saturated rings. The van der Waals surface area contributed by atoms with E-state index in [4.69, 9.17) is 33.2 Å². The molecular formula is C61H124N5O12P. The van der Waals surface area contributed by atoms with Gasteiger partial charge in [0.2, 0.25) is 0 Å². The van der Waals surface area contributed by atoms with E-state index in [-0.39, 0.29) is 75.0 Å². The van der Waals surface area contributed by atoms with E-state index in [0.717, 1.165) is 75.4 Å². The summed E-state index contributed by atoms with van der Waals surface area (Å²) in [4.78, 5) is 0. The fourth-order valence-corrected chi connectivity index (χ4v) is 15.4. The zero-order valence-electron chi connectivity index (χ0n) is 55.6. The fourth-order valence-electron chi connectivity index (χ4n) is 12.8. The number of hydroxylamine groups is 8. The van der Waals surface area contributed by atoms with Gasteiger partial charge >= 0.3 is 7.60 Å². The molecule has 0 radical (unpaired) electrons. The summed E-state index contributed by atoms with van der Waals surface area (Å²) in [6.45, 7) is 58.6. The first-order valence-corrected chi connectivity index (χ1v) is 32.2. The van der Waals surface area contributed by atoms with Gasteiger partial charge in [0.05, 0.1) is 62.0 Å². The molecular weight excluding hydrogens is 1030 g/mol. The quantitative estimate of drug-likeness (QED) is 0.0625. The highest BCUT2D eigenvalue weighted by molar-refractivity contribution is 7.54. The van der Waals surface area contributed by atoms with Gasteiger partial charge in [-0.1, -0.05) is 116 Å². The molecule has 5 rings (SSSR count). The van der Waals surface area contributed by atoms with Crippen LogP contribution in [0.15, 0.2) is 5.16 Å². The van der Waals surface area contributed by atoms with Gasteiger partial charge in [-0.3, -0.25) is 4.57 Å². The van der Waals surface area contributed by atoms with Gasteiger partial charge in [-0.25, -0.2) is 0 Å². The summed E-state index contributed by atoms with van der Waals surface area (Å²) in [5, 5.41) is 61.0. The van der Waals surface area contributed by atoms with Gasteiger partial charge in [0, 0.05) is 70.0 Å². The van der Waals surface area contributed by atoms with Crippen LogP contribution in [0.2, 0.25) is 0 Å². The average molecular weight is 1150 g/mol.